The zero-order valence-electron chi connectivity index (χ0n) is 17.4. The monoisotopic (exact) mass is 487 g/mol. The third-order valence-electron chi connectivity index (χ3n) is 5.15. The number of benzene rings is 1. The number of carbonyl (C=O) groups is 2. The van der Waals surface area contributed by atoms with E-state index < -0.39 is 0 Å². The van der Waals surface area contributed by atoms with Crippen LogP contribution in [0.25, 0.3) is 0 Å². The largest absolute Gasteiger partial charge is 0.383 e. The summed E-state index contributed by atoms with van der Waals surface area (Å²) in [5.74, 6) is -0.455. The molecule has 1 aromatic carbocycles. The van der Waals surface area contributed by atoms with Crippen LogP contribution in [0.5, 0.6) is 0 Å². The van der Waals surface area contributed by atoms with Gasteiger partial charge in [-0.2, -0.15) is 5.10 Å². The van der Waals surface area contributed by atoms with Gasteiger partial charge in [-0.25, -0.2) is 5.01 Å². The predicted octanol–water partition coefficient (Wildman–Crippen LogP) is 4.93. The Morgan fingerprint density at radius 3 is 2.62 bits per heavy atom. The molecule has 0 saturated carbocycles. The summed E-state index contributed by atoms with van der Waals surface area (Å²) in [6.07, 6.45) is 0.562. The fourth-order valence-corrected chi connectivity index (χ4v) is 5.24. The van der Waals surface area contributed by atoms with Gasteiger partial charge in [-0.1, -0.05) is 41.9 Å². The molecule has 0 aliphatic carbocycles. The molecule has 0 bridgehead atoms. The number of hydrogen-bond donors (Lipinski definition) is 0. The first-order chi connectivity index (χ1) is 15.6. The molecule has 3 aromatic rings. The highest BCUT2D eigenvalue weighted by Crippen LogP contribution is 2.37. The molecule has 1 atom stereocenters. The van der Waals surface area contributed by atoms with Gasteiger partial charge < -0.3 is 9.64 Å². The van der Waals surface area contributed by atoms with Gasteiger partial charge in [-0.15, -0.1) is 22.7 Å². The maximum atomic E-state index is 13.5. The van der Waals surface area contributed by atoms with E-state index in [1.165, 1.54) is 21.2 Å². The van der Waals surface area contributed by atoms with Gasteiger partial charge in [0.1, 0.15) is 6.54 Å². The number of thiophene rings is 2. The van der Waals surface area contributed by atoms with Gasteiger partial charge in [-0.3, -0.25) is 9.59 Å². The number of halogens is 1. The van der Waals surface area contributed by atoms with E-state index in [2.05, 4.69) is 5.10 Å². The summed E-state index contributed by atoms with van der Waals surface area (Å²) >= 11 is 9.40. The molecule has 9 heteroatoms. The summed E-state index contributed by atoms with van der Waals surface area (Å²) in [7, 11) is 1.57. The number of hydrogen-bond acceptors (Lipinski definition) is 6. The van der Waals surface area contributed by atoms with Gasteiger partial charge in [0.15, 0.2) is 0 Å². The Hall–Kier alpha value is -2.52. The van der Waals surface area contributed by atoms with Crippen molar-refractivity contribution < 1.29 is 14.3 Å². The maximum absolute atomic E-state index is 13.5. The molecule has 0 unspecified atom stereocenters. The van der Waals surface area contributed by atoms with Crippen LogP contribution in [0.1, 0.15) is 32.6 Å². The number of hydrazone groups is 1. The number of ether oxygens (including phenoxy) is 1. The lowest BCUT2D eigenvalue weighted by molar-refractivity contribution is -0.133. The van der Waals surface area contributed by atoms with Crippen LogP contribution < -0.4 is 0 Å². The van der Waals surface area contributed by atoms with E-state index >= 15 is 0 Å². The molecule has 166 valence electrons. The summed E-state index contributed by atoms with van der Waals surface area (Å²) in [5.41, 5.74) is 1.68. The number of methoxy groups -OCH3 is 1. The highest BCUT2D eigenvalue weighted by atomic mass is 35.5. The standard InChI is InChI=1S/C23H22ClN3O3S2/c1-30-11-10-26(23(29)21-9-5-13-32-21)15-22(28)27-19(16-6-2-3-7-17(16)24)14-18(25-27)20-8-4-12-31-20/h2-9,12-13,19H,10-11,14-15H2,1H3/t19-/m1/s1. The minimum absolute atomic E-state index is 0.0950. The van der Waals surface area contributed by atoms with Crippen LogP contribution in [0.3, 0.4) is 0 Å². The highest BCUT2D eigenvalue weighted by Gasteiger charge is 2.35. The van der Waals surface area contributed by atoms with Crippen LogP contribution in [-0.2, 0) is 9.53 Å². The second kappa shape index (κ2) is 10.4. The molecular formula is C23H22ClN3O3S2. The molecule has 32 heavy (non-hydrogen) atoms. The van der Waals surface area contributed by atoms with Crippen molar-refractivity contribution in [1.29, 1.82) is 0 Å². The Labute approximate surface area is 199 Å². The maximum Gasteiger partial charge on any atom is 0.264 e. The molecule has 0 fully saturated rings. The predicted molar refractivity (Wildman–Crippen MR) is 129 cm³/mol. The smallest absolute Gasteiger partial charge is 0.264 e. The van der Waals surface area contributed by atoms with Crippen LogP contribution >= 0.6 is 34.3 Å². The van der Waals surface area contributed by atoms with Crippen molar-refractivity contribution in [2.75, 3.05) is 26.8 Å². The number of carbonyl (C=O) groups excluding carboxylic acids is 2. The minimum atomic E-state index is -0.325. The molecule has 1 aliphatic heterocycles. The average molecular weight is 488 g/mol. The number of amides is 2. The van der Waals surface area contributed by atoms with Crippen LogP contribution in [0.2, 0.25) is 5.02 Å². The second-order valence-corrected chi connectivity index (χ2v) is 9.50. The Kier molecular flexibility index (Phi) is 7.36. The van der Waals surface area contributed by atoms with Gasteiger partial charge in [0.25, 0.3) is 11.8 Å². The van der Waals surface area contributed by atoms with Crippen molar-refractivity contribution in [1.82, 2.24) is 9.91 Å². The Balaban J connectivity index is 1.61. The van der Waals surface area contributed by atoms with Gasteiger partial charge >= 0.3 is 0 Å². The normalized spacial score (nSPS) is 15.6. The molecule has 0 saturated heterocycles. The van der Waals surface area contributed by atoms with E-state index in [-0.39, 0.29) is 24.4 Å². The number of rotatable bonds is 8. The average Bonchev–Trinajstić information content (AvgIpc) is 3.57. The van der Waals surface area contributed by atoms with Crippen LogP contribution in [0, 0.1) is 0 Å². The molecule has 2 aromatic heterocycles. The molecule has 0 spiro atoms. The van der Waals surface area contributed by atoms with Gasteiger partial charge in [0.05, 0.1) is 28.1 Å². The fraction of sp³-hybridized carbons (Fsp3) is 0.261. The van der Waals surface area contributed by atoms with Crippen molar-refractivity contribution in [3.63, 3.8) is 0 Å². The van der Waals surface area contributed by atoms with Crippen molar-refractivity contribution in [2.45, 2.75) is 12.5 Å². The molecule has 3 heterocycles. The molecule has 1 aliphatic rings. The molecular weight excluding hydrogens is 466 g/mol. The lowest BCUT2D eigenvalue weighted by atomic mass is 10.0. The SMILES string of the molecule is COCCN(CC(=O)N1N=C(c2cccs2)C[C@@H]1c1ccccc1Cl)C(=O)c1cccs1. The first-order valence-electron chi connectivity index (χ1n) is 10.1. The summed E-state index contributed by atoms with van der Waals surface area (Å²) in [4.78, 5) is 29.5. The van der Waals surface area contributed by atoms with E-state index in [1.54, 1.807) is 24.5 Å². The van der Waals surface area contributed by atoms with Gasteiger partial charge in [-0.05, 0) is 34.5 Å². The topological polar surface area (TPSA) is 62.2 Å². The second-order valence-electron chi connectivity index (χ2n) is 7.20. The summed E-state index contributed by atoms with van der Waals surface area (Å²) in [6, 6.07) is 14.7. The lowest BCUT2D eigenvalue weighted by Crippen LogP contribution is -2.42. The van der Waals surface area contributed by atoms with E-state index in [0.29, 0.717) is 29.5 Å². The molecule has 2 amide bonds. The Bertz CT molecular complexity index is 1100. The van der Waals surface area contributed by atoms with Gasteiger partial charge in [0, 0.05) is 25.1 Å². The van der Waals surface area contributed by atoms with Crippen molar-refractivity contribution in [3.8, 4) is 0 Å². The third-order valence-corrected chi connectivity index (χ3v) is 7.27. The van der Waals surface area contributed by atoms with Crippen molar-refractivity contribution in [3.05, 3.63) is 79.6 Å². The Morgan fingerprint density at radius 1 is 1.16 bits per heavy atom. The fourth-order valence-electron chi connectivity index (χ4n) is 3.57. The van der Waals surface area contributed by atoms with E-state index in [0.717, 1.165) is 16.2 Å². The molecule has 0 radical (unpaired) electrons. The summed E-state index contributed by atoms with van der Waals surface area (Å²) < 4.78 is 5.16. The minimum Gasteiger partial charge on any atom is -0.383 e. The third kappa shape index (κ3) is 4.94. The van der Waals surface area contributed by atoms with E-state index in [4.69, 9.17) is 16.3 Å². The summed E-state index contributed by atoms with van der Waals surface area (Å²) in [6.45, 7) is 0.551. The molecule has 4 rings (SSSR count). The van der Waals surface area contributed by atoms with Crippen molar-refractivity contribution in [2.24, 2.45) is 5.10 Å². The van der Waals surface area contributed by atoms with E-state index in [1.807, 2.05) is 53.2 Å². The first-order valence-corrected chi connectivity index (χ1v) is 12.2. The van der Waals surface area contributed by atoms with Crippen LogP contribution in [0.15, 0.2) is 64.4 Å². The first kappa shape index (κ1) is 22.7. The van der Waals surface area contributed by atoms with Crippen LogP contribution in [0.4, 0.5) is 0 Å². The van der Waals surface area contributed by atoms with E-state index in [9.17, 15) is 9.59 Å². The lowest BCUT2D eigenvalue weighted by Gasteiger charge is -2.27. The molecule has 0 N–H and O–H groups in total. The zero-order valence-corrected chi connectivity index (χ0v) is 19.8. The quantitative estimate of drug-likeness (QED) is 0.452. The summed E-state index contributed by atoms with van der Waals surface area (Å²) in [5, 5.41) is 10.6. The van der Waals surface area contributed by atoms with Crippen molar-refractivity contribution >= 4 is 51.8 Å². The zero-order chi connectivity index (χ0) is 22.5. The van der Waals surface area contributed by atoms with Crippen LogP contribution in [-0.4, -0.2) is 54.2 Å². The molecule has 6 nitrogen and oxygen atoms in total. The highest BCUT2D eigenvalue weighted by molar-refractivity contribution is 7.12. The van der Waals surface area contributed by atoms with Gasteiger partial charge in [0.2, 0.25) is 0 Å². The Morgan fingerprint density at radius 2 is 1.94 bits per heavy atom. The number of nitrogens with zero attached hydrogens (tertiary/aromatic N) is 3.